The molecule has 0 aliphatic heterocycles. The quantitative estimate of drug-likeness (QED) is 0.164. The standard InChI is InChI=1S/C28H24F3N3O5S.ClH/c1-17-13-20(18-5-3-7-21(14-18)28(29,30)31)15-24(26(35)34-36)25(17)33-16-19-6-4-12-32-27(19)40(37,38)23-10-8-22(39-2)9-11-23;/h3-15,33,36H,16H2,1-2H3,(H,34,35);1H. The molecule has 0 radical (unpaired) electrons. The van der Waals surface area contributed by atoms with Gasteiger partial charge in [0.1, 0.15) is 5.75 Å². The topological polar surface area (TPSA) is 118 Å². The summed E-state index contributed by atoms with van der Waals surface area (Å²) in [6, 6.07) is 16.5. The molecule has 1 aromatic heterocycles. The molecule has 0 spiro atoms. The number of nitrogens with one attached hydrogen (secondary N) is 2. The van der Waals surface area contributed by atoms with Gasteiger partial charge in [0.05, 0.1) is 28.8 Å². The molecule has 3 aromatic carbocycles. The molecule has 4 aromatic rings. The van der Waals surface area contributed by atoms with Crippen molar-refractivity contribution >= 4 is 33.8 Å². The summed E-state index contributed by atoms with van der Waals surface area (Å²) < 4.78 is 71.5. The van der Waals surface area contributed by atoms with Crippen LogP contribution in [-0.2, 0) is 22.6 Å². The van der Waals surface area contributed by atoms with Gasteiger partial charge in [0, 0.05) is 18.3 Å². The van der Waals surface area contributed by atoms with Gasteiger partial charge in [-0.3, -0.25) is 10.0 Å². The molecule has 1 amide bonds. The molecule has 13 heteroatoms. The maximum Gasteiger partial charge on any atom is 0.416 e. The number of nitrogens with zero attached hydrogens (tertiary/aromatic N) is 1. The number of carbonyl (C=O) groups excluding carboxylic acids is 1. The lowest BCUT2D eigenvalue weighted by atomic mass is 9.96. The Bertz CT molecular complexity index is 1660. The average Bonchev–Trinajstić information content (AvgIpc) is 2.95. The Morgan fingerprint density at radius 1 is 1.00 bits per heavy atom. The largest absolute Gasteiger partial charge is 0.497 e. The van der Waals surface area contributed by atoms with Gasteiger partial charge in [-0.2, -0.15) is 13.2 Å². The molecule has 41 heavy (non-hydrogen) atoms. The summed E-state index contributed by atoms with van der Waals surface area (Å²) in [5, 5.41) is 12.2. The number of rotatable bonds is 8. The van der Waals surface area contributed by atoms with Crippen LogP contribution >= 0.6 is 12.4 Å². The molecule has 0 saturated carbocycles. The number of aromatic nitrogens is 1. The van der Waals surface area contributed by atoms with Gasteiger partial charge in [-0.15, -0.1) is 12.4 Å². The van der Waals surface area contributed by atoms with Crippen molar-refractivity contribution in [1.29, 1.82) is 0 Å². The Kier molecular flexibility index (Phi) is 9.64. The van der Waals surface area contributed by atoms with Crippen molar-refractivity contribution in [3.05, 3.63) is 101 Å². The van der Waals surface area contributed by atoms with E-state index in [1.165, 1.54) is 55.8 Å². The zero-order chi connectivity index (χ0) is 29.1. The molecule has 0 unspecified atom stereocenters. The number of pyridine rings is 1. The van der Waals surface area contributed by atoms with Crippen LogP contribution in [0.5, 0.6) is 5.75 Å². The van der Waals surface area contributed by atoms with Crippen LogP contribution < -0.4 is 15.5 Å². The number of amides is 1. The summed E-state index contributed by atoms with van der Waals surface area (Å²) in [6.45, 7) is 1.56. The van der Waals surface area contributed by atoms with E-state index < -0.39 is 27.5 Å². The third kappa shape index (κ3) is 6.79. The molecule has 0 fully saturated rings. The second kappa shape index (κ2) is 12.6. The number of hydrogen-bond acceptors (Lipinski definition) is 7. The van der Waals surface area contributed by atoms with Gasteiger partial charge in [-0.25, -0.2) is 18.9 Å². The summed E-state index contributed by atoms with van der Waals surface area (Å²) in [4.78, 5) is 16.7. The zero-order valence-electron chi connectivity index (χ0n) is 21.7. The highest BCUT2D eigenvalue weighted by Gasteiger charge is 2.30. The number of benzene rings is 3. The van der Waals surface area contributed by atoms with Crippen LogP contribution in [0.4, 0.5) is 18.9 Å². The monoisotopic (exact) mass is 607 g/mol. The fraction of sp³-hybridized carbons (Fsp3) is 0.143. The normalized spacial score (nSPS) is 11.4. The van der Waals surface area contributed by atoms with Crippen LogP contribution in [0, 0.1) is 6.92 Å². The Morgan fingerprint density at radius 3 is 2.34 bits per heavy atom. The van der Waals surface area contributed by atoms with Crippen molar-refractivity contribution in [3.63, 3.8) is 0 Å². The molecule has 1 heterocycles. The van der Waals surface area contributed by atoms with Gasteiger partial charge >= 0.3 is 6.18 Å². The predicted molar refractivity (Wildman–Crippen MR) is 148 cm³/mol. The second-order valence-electron chi connectivity index (χ2n) is 8.74. The van der Waals surface area contributed by atoms with Crippen molar-refractivity contribution < 1.29 is 36.3 Å². The number of hydroxylamine groups is 1. The van der Waals surface area contributed by atoms with Gasteiger partial charge in [0.2, 0.25) is 9.84 Å². The van der Waals surface area contributed by atoms with Crippen LogP contribution in [0.2, 0.25) is 0 Å². The van der Waals surface area contributed by atoms with Crippen LogP contribution in [0.15, 0.2) is 88.9 Å². The average molecular weight is 608 g/mol. The minimum Gasteiger partial charge on any atom is -0.497 e. The number of alkyl halides is 3. The molecular weight excluding hydrogens is 583 g/mol. The van der Waals surface area contributed by atoms with Gasteiger partial charge in [-0.1, -0.05) is 18.2 Å². The molecule has 0 aliphatic carbocycles. The highest BCUT2D eigenvalue weighted by atomic mass is 35.5. The molecule has 0 aliphatic rings. The van der Waals surface area contributed by atoms with Crippen LogP contribution in [0.3, 0.4) is 0 Å². The maximum absolute atomic E-state index is 13.3. The van der Waals surface area contributed by atoms with E-state index in [1.54, 1.807) is 30.6 Å². The van der Waals surface area contributed by atoms with E-state index >= 15 is 0 Å². The predicted octanol–water partition coefficient (Wildman–Crippen LogP) is 6.07. The number of ether oxygens (including phenoxy) is 1. The van der Waals surface area contributed by atoms with E-state index in [1.807, 2.05) is 0 Å². The first kappa shape index (κ1) is 31.4. The van der Waals surface area contributed by atoms with E-state index in [4.69, 9.17) is 4.74 Å². The van der Waals surface area contributed by atoms with Gasteiger partial charge in [0.25, 0.3) is 5.91 Å². The SMILES string of the molecule is COc1ccc(S(=O)(=O)c2ncccc2CNc2c(C)cc(-c3cccc(C(F)(F)F)c3)cc2C(=O)NO)cc1.Cl. The number of hydrogen-bond donors (Lipinski definition) is 3. The number of anilines is 1. The molecule has 0 bridgehead atoms. The lowest BCUT2D eigenvalue weighted by Gasteiger charge is -2.18. The van der Waals surface area contributed by atoms with Gasteiger partial charge < -0.3 is 10.1 Å². The minimum atomic E-state index is -4.55. The number of halogens is 4. The van der Waals surface area contributed by atoms with E-state index in [-0.39, 0.29) is 45.7 Å². The smallest absolute Gasteiger partial charge is 0.416 e. The highest BCUT2D eigenvalue weighted by Crippen LogP contribution is 2.35. The number of sulfone groups is 1. The Balaban J connectivity index is 0.00000462. The number of aryl methyl sites for hydroxylation is 1. The number of carbonyl (C=O) groups is 1. The fourth-order valence-electron chi connectivity index (χ4n) is 4.15. The van der Waals surface area contributed by atoms with Crippen molar-refractivity contribution in [2.45, 2.75) is 29.6 Å². The summed E-state index contributed by atoms with van der Waals surface area (Å²) in [7, 11) is -2.55. The van der Waals surface area contributed by atoms with E-state index in [2.05, 4.69) is 10.3 Å². The molecule has 216 valence electrons. The van der Waals surface area contributed by atoms with Crippen molar-refractivity contribution in [3.8, 4) is 16.9 Å². The van der Waals surface area contributed by atoms with E-state index in [0.717, 1.165) is 12.1 Å². The Morgan fingerprint density at radius 2 is 1.71 bits per heavy atom. The molecule has 4 rings (SSSR count). The van der Waals surface area contributed by atoms with E-state index in [0.29, 0.717) is 22.4 Å². The lowest BCUT2D eigenvalue weighted by molar-refractivity contribution is -0.137. The first-order valence-corrected chi connectivity index (χ1v) is 13.3. The zero-order valence-corrected chi connectivity index (χ0v) is 23.3. The summed E-state index contributed by atoms with van der Waals surface area (Å²) in [5.74, 6) is -0.419. The minimum absolute atomic E-state index is 0. The first-order valence-electron chi connectivity index (χ1n) is 11.8. The lowest BCUT2D eigenvalue weighted by Crippen LogP contribution is -2.21. The first-order chi connectivity index (χ1) is 19.0. The summed E-state index contributed by atoms with van der Waals surface area (Å²) in [6.07, 6.45) is -3.20. The third-order valence-electron chi connectivity index (χ3n) is 6.13. The Hall–Kier alpha value is -4.13. The summed E-state index contributed by atoms with van der Waals surface area (Å²) in [5.41, 5.74) is 2.20. The van der Waals surface area contributed by atoms with Gasteiger partial charge in [0.15, 0.2) is 5.03 Å². The third-order valence-corrected chi connectivity index (χ3v) is 7.90. The molecule has 3 N–H and O–H groups in total. The molecular formula is C28H25ClF3N3O5S. The molecule has 0 saturated heterocycles. The van der Waals surface area contributed by atoms with Crippen LogP contribution in [0.1, 0.15) is 27.0 Å². The van der Waals surface area contributed by atoms with Crippen LogP contribution in [0.25, 0.3) is 11.1 Å². The van der Waals surface area contributed by atoms with E-state index in [9.17, 15) is 31.6 Å². The fourth-order valence-corrected chi connectivity index (χ4v) is 5.56. The summed E-state index contributed by atoms with van der Waals surface area (Å²) >= 11 is 0. The highest BCUT2D eigenvalue weighted by molar-refractivity contribution is 7.91. The van der Waals surface area contributed by atoms with Crippen LogP contribution in [-0.4, -0.2) is 31.6 Å². The van der Waals surface area contributed by atoms with Crippen molar-refractivity contribution in [2.24, 2.45) is 0 Å². The molecule has 0 atom stereocenters. The maximum atomic E-state index is 13.3. The molecule has 8 nitrogen and oxygen atoms in total. The Labute approximate surface area is 240 Å². The van der Waals surface area contributed by atoms with Crippen molar-refractivity contribution in [2.75, 3.05) is 12.4 Å². The van der Waals surface area contributed by atoms with Crippen molar-refractivity contribution in [1.82, 2.24) is 10.5 Å². The number of methoxy groups -OCH3 is 1. The van der Waals surface area contributed by atoms with Gasteiger partial charge in [-0.05, 0) is 78.2 Å². The second-order valence-corrected chi connectivity index (χ2v) is 10.6.